The van der Waals surface area contributed by atoms with Crippen LogP contribution in [0.3, 0.4) is 0 Å². The van der Waals surface area contributed by atoms with Gasteiger partial charge in [0, 0.05) is 0 Å². The minimum Gasteiger partial charge on any atom is -0.444 e. The number of aromatic nitrogens is 2. The van der Waals surface area contributed by atoms with E-state index >= 15 is 0 Å². The van der Waals surface area contributed by atoms with Crippen molar-refractivity contribution < 1.29 is 9.53 Å². The van der Waals surface area contributed by atoms with E-state index in [1.165, 1.54) is 0 Å². The van der Waals surface area contributed by atoms with Gasteiger partial charge < -0.3 is 4.74 Å². The summed E-state index contributed by atoms with van der Waals surface area (Å²) in [6, 6.07) is 0. The van der Waals surface area contributed by atoms with Gasteiger partial charge in [-0.3, -0.25) is 5.32 Å². The fraction of sp³-hybridized carbons (Fsp3) is 0.667. The number of ether oxygens (including phenoxy) is 1. The van der Waals surface area contributed by atoms with Crippen LogP contribution < -0.4 is 5.32 Å². The smallest absolute Gasteiger partial charge is 0.413 e. The van der Waals surface area contributed by atoms with Crippen LogP contribution >= 0.6 is 22.6 Å². The van der Waals surface area contributed by atoms with Crippen LogP contribution in [-0.2, 0) is 10.3 Å². The third-order valence-corrected chi connectivity index (χ3v) is 2.77. The molecule has 0 aliphatic carbocycles. The Balaban J connectivity index is 2.91. The highest BCUT2D eigenvalue weighted by Crippen LogP contribution is 2.25. The molecule has 1 rings (SSSR count). The van der Waals surface area contributed by atoms with E-state index in [-0.39, 0.29) is 5.54 Å². The van der Waals surface area contributed by atoms with Crippen molar-refractivity contribution in [3.8, 4) is 0 Å². The van der Waals surface area contributed by atoms with E-state index in [0.29, 0.717) is 5.82 Å². The Morgan fingerprint density at radius 2 is 1.89 bits per heavy atom. The maximum Gasteiger partial charge on any atom is 0.413 e. The largest absolute Gasteiger partial charge is 0.444 e. The predicted octanol–water partition coefficient (Wildman–Crippen LogP) is 3.59. The summed E-state index contributed by atoms with van der Waals surface area (Å²) in [5.74, 6) is 0.664. The topological polar surface area (TPSA) is 56.1 Å². The predicted molar refractivity (Wildman–Crippen MR) is 79.8 cm³/mol. The molecular formula is C12H20IN3O2. The van der Waals surface area contributed by atoms with E-state index in [1.54, 1.807) is 10.9 Å². The molecule has 0 atom stereocenters. The van der Waals surface area contributed by atoms with Gasteiger partial charge in [0.2, 0.25) is 0 Å². The Hall–Kier alpha value is -0.790. The Bertz CT molecular complexity index is 441. The van der Waals surface area contributed by atoms with E-state index in [2.05, 4.69) is 33.0 Å². The van der Waals surface area contributed by atoms with Crippen LogP contribution in [0.4, 0.5) is 10.6 Å². The number of nitrogens with one attached hydrogen (secondary N) is 1. The lowest BCUT2D eigenvalue weighted by Crippen LogP contribution is -2.31. The molecule has 1 aromatic rings. The van der Waals surface area contributed by atoms with Crippen LogP contribution in [0.5, 0.6) is 0 Å². The van der Waals surface area contributed by atoms with E-state index in [0.717, 1.165) is 3.57 Å². The maximum absolute atomic E-state index is 11.8. The first-order valence-electron chi connectivity index (χ1n) is 5.75. The molecule has 0 aliphatic heterocycles. The maximum atomic E-state index is 11.8. The van der Waals surface area contributed by atoms with Crippen LogP contribution in [-0.4, -0.2) is 21.5 Å². The molecule has 5 nitrogen and oxygen atoms in total. The third-order valence-electron chi connectivity index (χ3n) is 1.98. The number of halogens is 1. The van der Waals surface area contributed by atoms with E-state index < -0.39 is 11.7 Å². The fourth-order valence-corrected chi connectivity index (χ4v) is 1.84. The third kappa shape index (κ3) is 4.15. The van der Waals surface area contributed by atoms with Gasteiger partial charge in [-0.25, -0.2) is 9.48 Å². The van der Waals surface area contributed by atoms with Crippen LogP contribution in [0.15, 0.2) is 6.20 Å². The lowest BCUT2D eigenvalue weighted by molar-refractivity contribution is 0.0633. The van der Waals surface area contributed by atoms with Crippen LogP contribution in [0.2, 0.25) is 0 Å². The Morgan fingerprint density at radius 3 is 2.33 bits per heavy atom. The quantitative estimate of drug-likeness (QED) is 0.774. The first-order chi connectivity index (χ1) is 8.00. The fourth-order valence-electron chi connectivity index (χ4n) is 1.35. The number of amides is 1. The van der Waals surface area contributed by atoms with E-state index in [9.17, 15) is 4.79 Å². The molecule has 1 aromatic heterocycles. The molecule has 18 heavy (non-hydrogen) atoms. The van der Waals surface area contributed by atoms with Crippen molar-refractivity contribution in [2.45, 2.75) is 52.7 Å². The number of hydrogen-bond donors (Lipinski definition) is 1. The summed E-state index contributed by atoms with van der Waals surface area (Å²) in [7, 11) is 0. The van der Waals surface area contributed by atoms with Crippen molar-refractivity contribution in [3.63, 3.8) is 0 Å². The zero-order valence-corrected chi connectivity index (χ0v) is 13.8. The second kappa shape index (κ2) is 5.07. The molecule has 0 radical (unpaired) electrons. The molecule has 1 N–H and O–H groups in total. The zero-order chi connectivity index (χ0) is 14.1. The number of carbonyl (C=O) groups is 1. The summed E-state index contributed by atoms with van der Waals surface area (Å²) < 4.78 is 7.90. The average Bonchev–Trinajstić information content (AvgIpc) is 2.43. The Labute approximate surface area is 121 Å². The van der Waals surface area contributed by atoms with Crippen molar-refractivity contribution in [3.05, 3.63) is 9.77 Å². The summed E-state index contributed by atoms with van der Waals surface area (Å²) in [6.07, 6.45) is 1.25. The van der Waals surface area contributed by atoms with Crippen LogP contribution in [0, 0.1) is 3.57 Å². The number of carbonyl (C=O) groups excluding carboxylic acids is 1. The number of rotatable bonds is 1. The molecule has 0 saturated heterocycles. The van der Waals surface area contributed by atoms with Crippen molar-refractivity contribution >= 4 is 34.5 Å². The molecule has 0 aliphatic rings. The summed E-state index contributed by atoms with van der Waals surface area (Å²) in [5, 5.41) is 7.03. The molecule has 102 valence electrons. The van der Waals surface area contributed by atoms with Crippen LogP contribution in [0.25, 0.3) is 0 Å². The van der Waals surface area contributed by atoms with Crippen molar-refractivity contribution in [1.29, 1.82) is 0 Å². The molecule has 0 aromatic carbocycles. The van der Waals surface area contributed by atoms with Gasteiger partial charge in [0.1, 0.15) is 11.4 Å². The van der Waals surface area contributed by atoms with Crippen molar-refractivity contribution in [2.75, 3.05) is 5.32 Å². The first kappa shape index (κ1) is 15.3. The van der Waals surface area contributed by atoms with Gasteiger partial charge >= 0.3 is 6.09 Å². The Kier molecular flexibility index (Phi) is 4.30. The van der Waals surface area contributed by atoms with Gasteiger partial charge in [0.25, 0.3) is 0 Å². The summed E-state index contributed by atoms with van der Waals surface area (Å²) in [4.78, 5) is 11.8. The summed E-state index contributed by atoms with van der Waals surface area (Å²) >= 11 is 2.14. The highest BCUT2D eigenvalue weighted by Gasteiger charge is 2.23. The van der Waals surface area contributed by atoms with Gasteiger partial charge in [-0.2, -0.15) is 5.10 Å². The number of anilines is 1. The van der Waals surface area contributed by atoms with Crippen LogP contribution in [0.1, 0.15) is 41.5 Å². The summed E-state index contributed by atoms with van der Waals surface area (Å²) in [6.45, 7) is 11.6. The average molecular weight is 365 g/mol. The van der Waals surface area contributed by atoms with Gasteiger partial charge in [-0.05, 0) is 64.1 Å². The molecule has 0 fully saturated rings. The molecule has 1 heterocycles. The van der Waals surface area contributed by atoms with Crippen molar-refractivity contribution in [1.82, 2.24) is 9.78 Å². The Morgan fingerprint density at radius 1 is 1.33 bits per heavy atom. The number of hydrogen-bond acceptors (Lipinski definition) is 3. The van der Waals surface area contributed by atoms with Gasteiger partial charge in [-0.15, -0.1) is 0 Å². The van der Waals surface area contributed by atoms with E-state index in [1.807, 2.05) is 41.5 Å². The number of nitrogens with zero attached hydrogens (tertiary/aromatic N) is 2. The normalized spacial score (nSPS) is 12.4. The zero-order valence-electron chi connectivity index (χ0n) is 11.7. The molecule has 0 saturated carbocycles. The van der Waals surface area contributed by atoms with E-state index in [4.69, 9.17) is 4.74 Å². The molecule has 0 bridgehead atoms. The first-order valence-corrected chi connectivity index (χ1v) is 6.82. The molecule has 0 spiro atoms. The minimum absolute atomic E-state index is 0.201. The second-order valence-electron chi connectivity index (χ2n) is 6.05. The SMILES string of the molecule is CC(C)(C)OC(=O)Nc1c(I)cnn1C(C)(C)C. The summed E-state index contributed by atoms with van der Waals surface area (Å²) in [5.41, 5.74) is -0.712. The van der Waals surface area contributed by atoms with Gasteiger partial charge in [-0.1, -0.05) is 0 Å². The molecular weight excluding hydrogens is 345 g/mol. The van der Waals surface area contributed by atoms with Gasteiger partial charge in [0.05, 0.1) is 15.3 Å². The lowest BCUT2D eigenvalue weighted by atomic mass is 10.1. The molecule has 0 unspecified atom stereocenters. The van der Waals surface area contributed by atoms with Crippen molar-refractivity contribution in [2.24, 2.45) is 0 Å². The molecule has 1 amide bonds. The highest BCUT2D eigenvalue weighted by molar-refractivity contribution is 14.1. The lowest BCUT2D eigenvalue weighted by Gasteiger charge is -2.24. The highest BCUT2D eigenvalue weighted by atomic mass is 127. The monoisotopic (exact) mass is 365 g/mol. The standard InChI is InChI=1S/C12H20IN3O2/c1-11(2,3)16-9(8(13)7-14-16)15-10(17)18-12(4,5)6/h7H,1-6H3,(H,15,17). The molecule has 6 heteroatoms. The van der Waals surface area contributed by atoms with Gasteiger partial charge in [0.15, 0.2) is 0 Å². The minimum atomic E-state index is -0.512. The second-order valence-corrected chi connectivity index (χ2v) is 7.21.